The number of para-hydroxylation sites is 1. The number of ether oxygens (including phenoxy) is 1. The van der Waals surface area contributed by atoms with E-state index < -0.39 is 0 Å². The summed E-state index contributed by atoms with van der Waals surface area (Å²) in [7, 11) is 1.69. The van der Waals surface area contributed by atoms with Crippen LogP contribution in [0.25, 0.3) is 11.3 Å². The highest BCUT2D eigenvalue weighted by Gasteiger charge is 2.23. The maximum absolute atomic E-state index is 11.9. The molecular weight excluding hydrogens is 399 g/mol. The van der Waals surface area contributed by atoms with Crippen molar-refractivity contribution in [1.29, 1.82) is 0 Å². The lowest BCUT2D eigenvalue weighted by atomic mass is 10.1. The summed E-state index contributed by atoms with van der Waals surface area (Å²) in [5, 5.41) is 0. The molecule has 0 saturated carbocycles. The van der Waals surface area contributed by atoms with E-state index in [0.717, 1.165) is 24.2 Å². The first kappa shape index (κ1) is 14.8. The van der Waals surface area contributed by atoms with Crippen LogP contribution in [0.4, 0.5) is 5.69 Å². The van der Waals surface area contributed by atoms with Crippen molar-refractivity contribution < 1.29 is 9.53 Å². The van der Waals surface area contributed by atoms with E-state index in [4.69, 9.17) is 4.74 Å². The number of rotatable bonds is 3. The van der Waals surface area contributed by atoms with Gasteiger partial charge in [0.05, 0.1) is 18.0 Å². The van der Waals surface area contributed by atoms with Gasteiger partial charge in [-0.05, 0) is 31.0 Å². The fraction of sp³-hybridized carbons (Fsp3) is 0.267. The average molecular weight is 414 g/mol. The fourth-order valence-corrected chi connectivity index (χ4v) is 4.19. The molecule has 2 heterocycles. The quantitative estimate of drug-likeness (QED) is 0.464. The number of hydrogen-bond donors (Lipinski definition) is 1. The van der Waals surface area contributed by atoms with Gasteiger partial charge in [-0.3, -0.25) is 0 Å². The largest absolute Gasteiger partial charge is 0.461 e. The lowest BCUT2D eigenvalue weighted by Crippen LogP contribution is -2.14. The molecule has 3 rings (SSSR count). The molecule has 1 N–H and O–H groups in total. The number of nitrogens with zero attached hydrogens (tertiary/aromatic N) is 1. The lowest BCUT2D eigenvalue weighted by molar-refractivity contribution is 0.0520. The third-order valence-electron chi connectivity index (χ3n) is 3.50. The minimum absolute atomic E-state index is 0.289. The molecule has 1 aliphatic heterocycles. The molecule has 0 radical (unpaired) electrons. The number of carbonyl (C=O) groups is 1. The monoisotopic (exact) mass is 414 g/mol. The Morgan fingerprint density at radius 2 is 2.29 bits per heavy atom. The fourth-order valence-electron chi connectivity index (χ4n) is 2.57. The summed E-state index contributed by atoms with van der Waals surface area (Å²) in [4.78, 5) is 15.2. The summed E-state index contributed by atoms with van der Waals surface area (Å²) in [6.45, 7) is 3.12. The van der Waals surface area contributed by atoms with Crippen molar-refractivity contribution >= 4 is 42.0 Å². The minimum Gasteiger partial charge on any atom is -0.461 e. The van der Waals surface area contributed by atoms with Gasteiger partial charge in [0.2, 0.25) is 0 Å². The standard InChI is InChI=1S/C15H15IN2O2S/c1-2-20-15(19)12-9-10-7-8-18(21-16)13-6-4-3-5-11(13)14(10)17-12/h3-6,9,17H,2,7-8H2,1H3. The maximum Gasteiger partial charge on any atom is 0.354 e. The number of fused-ring (bicyclic) bond motifs is 3. The molecule has 2 aromatic rings. The van der Waals surface area contributed by atoms with Crippen molar-refractivity contribution in [2.45, 2.75) is 13.3 Å². The Bertz CT molecular complexity index is 671. The predicted octanol–water partition coefficient (Wildman–Crippen LogP) is 4.22. The van der Waals surface area contributed by atoms with Crippen molar-refractivity contribution in [3.8, 4) is 11.3 Å². The van der Waals surface area contributed by atoms with Crippen LogP contribution < -0.4 is 4.31 Å². The molecule has 0 atom stereocenters. The molecule has 0 amide bonds. The van der Waals surface area contributed by atoms with Crippen LogP contribution in [0.5, 0.6) is 0 Å². The van der Waals surface area contributed by atoms with Gasteiger partial charge in [-0.25, -0.2) is 4.79 Å². The van der Waals surface area contributed by atoms with Crippen LogP contribution in [-0.4, -0.2) is 24.1 Å². The van der Waals surface area contributed by atoms with Gasteiger partial charge in [0, 0.05) is 42.4 Å². The number of carbonyl (C=O) groups excluding carboxylic acids is 1. The van der Waals surface area contributed by atoms with Crippen LogP contribution >= 0.6 is 30.3 Å². The predicted molar refractivity (Wildman–Crippen MR) is 94.8 cm³/mol. The first-order valence-electron chi connectivity index (χ1n) is 6.79. The number of benzene rings is 1. The summed E-state index contributed by atoms with van der Waals surface area (Å²) < 4.78 is 7.35. The van der Waals surface area contributed by atoms with Crippen molar-refractivity contribution in [3.63, 3.8) is 0 Å². The highest BCUT2D eigenvalue weighted by molar-refractivity contribution is 14.2. The number of hydrogen-bond acceptors (Lipinski definition) is 4. The Kier molecular flexibility index (Phi) is 4.44. The van der Waals surface area contributed by atoms with Crippen molar-refractivity contribution in [2.24, 2.45) is 0 Å². The number of nitrogens with one attached hydrogen (secondary N) is 1. The third-order valence-corrected chi connectivity index (χ3v) is 5.48. The van der Waals surface area contributed by atoms with Gasteiger partial charge in [-0.2, -0.15) is 0 Å². The molecule has 0 spiro atoms. The summed E-state index contributed by atoms with van der Waals surface area (Å²) in [6.07, 6.45) is 0.899. The molecule has 0 saturated heterocycles. The van der Waals surface area contributed by atoms with E-state index in [2.05, 4.69) is 42.6 Å². The molecule has 110 valence electrons. The topological polar surface area (TPSA) is 45.3 Å². The molecule has 0 fully saturated rings. The zero-order valence-electron chi connectivity index (χ0n) is 11.6. The van der Waals surface area contributed by atoms with Crippen molar-refractivity contribution in [2.75, 3.05) is 17.5 Å². The molecule has 0 bridgehead atoms. The van der Waals surface area contributed by atoms with Gasteiger partial charge < -0.3 is 14.0 Å². The van der Waals surface area contributed by atoms with E-state index in [9.17, 15) is 4.79 Å². The Morgan fingerprint density at radius 3 is 3.05 bits per heavy atom. The zero-order chi connectivity index (χ0) is 14.8. The molecule has 1 aliphatic rings. The summed E-state index contributed by atoms with van der Waals surface area (Å²) in [6, 6.07) is 10.2. The van der Waals surface area contributed by atoms with E-state index in [1.54, 1.807) is 9.12 Å². The number of anilines is 1. The average Bonchev–Trinajstić information content (AvgIpc) is 2.87. The minimum atomic E-state index is -0.289. The Balaban J connectivity index is 2.07. The molecular formula is C15H15IN2O2S. The van der Waals surface area contributed by atoms with Crippen LogP contribution in [0, 0.1) is 0 Å². The Hall–Kier alpha value is -1.15. The number of aromatic nitrogens is 1. The van der Waals surface area contributed by atoms with Gasteiger partial charge in [-0.15, -0.1) is 0 Å². The van der Waals surface area contributed by atoms with E-state index in [1.165, 1.54) is 11.3 Å². The first-order chi connectivity index (χ1) is 10.2. The molecule has 0 aliphatic carbocycles. The third kappa shape index (κ3) is 2.78. The van der Waals surface area contributed by atoms with Gasteiger partial charge in [-0.1, -0.05) is 18.2 Å². The molecule has 0 unspecified atom stereocenters. The van der Waals surface area contributed by atoms with E-state index in [-0.39, 0.29) is 5.97 Å². The number of H-pyrrole nitrogens is 1. The molecule has 4 nitrogen and oxygen atoms in total. The SMILES string of the molecule is CCOC(=O)c1cc2c([nH]1)-c1ccccc1N(SI)CC2. The highest BCUT2D eigenvalue weighted by Crippen LogP contribution is 2.40. The second-order valence-corrected chi connectivity index (χ2v) is 6.50. The van der Waals surface area contributed by atoms with Crippen molar-refractivity contribution in [1.82, 2.24) is 4.98 Å². The second-order valence-electron chi connectivity index (χ2n) is 4.74. The van der Waals surface area contributed by atoms with E-state index >= 15 is 0 Å². The first-order valence-corrected chi connectivity index (χ1v) is 10.1. The Morgan fingerprint density at radius 1 is 1.48 bits per heavy atom. The Labute approximate surface area is 140 Å². The van der Waals surface area contributed by atoms with E-state index in [0.29, 0.717) is 12.3 Å². The smallest absolute Gasteiger partial charge is 0.354 e. The summed E-state index contributed by atoms with van der Waals surface area (Å²) >= 11 is 2.30. The zero-order valence-corrected chi connectivity index (χ0v) is 14.5. The lowest BCUT2D eigenvalue weighted by Gasteiger charge is -2.20. The van der Waals surface area contributed by atoms with Gasteiger partial charge in [0.15, 0.2) is 0 Å². The van der Waals surface area contributed by atoms with Gasteiger partial charge >= 0.3 is 5.97 Å². The van der Waals surface area contributed by atoms with Crippen LogP contribution in [0.3, 0.4) is 0 Å². The highest BCUT2D eigenvalue weighted by atomic mass is 127. The van der Waals surface area contributed by atoms with Gasteiger partial charge in [0.25, 0.3) is 0 Å². The number of halogens is 1. The van der Waals surface area contributed by atoms with E-state index in [1.807, 2.05) is 25.1 Å². The maximum atomic E-state index is 11.9. The molecule has 6 heteroatoms. The molecule has 1 aromatic carbocycles. The number of esters is 1. The molecule has 1 aromatic heterocycles. The van der Waals surface area contributed by atoms with Crippen molar-refractivity contribution in [3.05, 3.63) is 41.6 Å². The second kappa shape index (κ2) is 6.31. The van der Waals surface area contributed by atoms with Gasteiger partial charge in [0.1, 0.15) is 5.69 Å². The summed E-state index contributed by atoms with van der Waals surface area (Å²) in [5.74, 6) is -0.289. The van der Waals surface area contributed by atoms with Crippen LogP contribution in [0.2, 0.25) is 0 Å². The van der Waals surface area contributed by atoms with Crippen LogP contribution in [0.15, 0.2) is 30.3 Å². The number of aromatic amines is 1. The normalized spacial score (nSPS) is 13.3. The molecule has 21 heavy (non-hydrogen) atoms. The van der Waals surface area contributed by atoms with Crippen LogP contribution in [-0.2, 0) is 11.2 Å². The summed E-state index contributed by atoms with van der Waals surface area (Å²) in [5.41, 5.74) is 5.03. The van der Waals surface area contributed by atoms with Crippen LogP contribution in [0.1, 0.15) is 23.0 Å².